The highest BCUT2D eigenvalue weighted by Crippen LogP contribution is 2.29. The van der Waals surface area contributed by atoms with Crippen molar-refractivity contribution < 1.29 is 19.0 Å². The van der Waals surface area contributed by atoms with E-state index < -0.39 is 6.03 Å². The number of hydrogen-bond acceptors (Lipinski definition) is 6. The number of amides is 2. The lowest BCUT2D eigenvalue weighted by molar-refractivity contribution is 0.262. The van der Waals surface area contributed by atoms with Gasteiger partial charge >= 0.3 is 6.03 Å². The van der Waals surface area contributed by atoms with E-state index in [0.717, 1.165) is 5.56 Å². The van der Waals surface area contributed by atoms with E-state index in [4.69, 9.17) is 14.2 Å². The average molecular weight is 460 g/mol. The molecule has 0 spiro atoms. The minimum atomic E-state index is -0.423. The first kappa shape index (κ1) is 22.7. The Kier molecular flexibility index (Phi) is 6.63. The second kappa shape index (κ2) is 9.95. The van der Waals surface area contributed by atoms with Crippen molar-refractivity contribution in [3.8, 4) is 17.2 Å². The van der Waals surface area contributed by atoms with Crippen molar-refractivity contribution >= 4 is 23.1 Å². The van der Waals surface area contributed by atoms with Crippen molar-refractivity contribution in [2.75, 3.05) is 24.9 Å². The normalized spacial score (nSPS) is 10.6. The Morgan fingerprint density at radius 3 is 2.44 bits per heavy atom. The summed E-state index contributed by atoms with van der Waals surface area (Å²) in [5, 5.41) is 5.50. The van der Waals surface area contributed by atoms with Gasteiger partial charge < -0.3 is 24.8 Å². The molecule has 0 aliphatic heterocycles. The summed E-state index contributed by atoms with van der Waals surface area (Å²) in [5.41, 5.74) is 3.00. The van der Waals surface area contributed by atoms with Crippen LogP contribution >= 0.6 is 0 Å². The number of carbonyl (C=O) groups excluding carboxylic acids is 1. The van der Waals surface area contributed by atoms with Crippen molar-refractivity contribution in [2.45, 2.75) is 13.5 Å². The summed E-state index contributed by atoms with van der Waals surface area (Å²) in [6.45, 7) is 2.06. The maximum absolute atomic E-state index is 12.4. The van der Waals surface area contributed by atoms with Crippen LogP contribution in [-0.4, -0.2) is 29.6 Å². The van der Waals surface area contributed by atoms with Crippen molar-refractivity contribution in [3.05, 3.63) is 88.5 Å². The van der Waals surface area contributed by atoms with E-state index in [1.807, 2.05) is 13.0 Å². The predicted molar refractivity (Wildman–Crippen MR) is 129 cm³/mol. The topological polar surface area (TPSA) is 103 Å². The quantitative estimate of drug-likeness (QED) is 0.428. The first-order valence-corrected chi connectivity index (χ1v) is 10.5. The molecule has 9 heteroatoms. The molecule has 0 saturated carbocycles. The summed E-state index contributed by atoms with van der Waals surface area (Å²) >= 11 is 0. The molecule has 2 amide bonds. The number of nitrogens with one attached hydrogen (secondary N) is 2. The molecule has 0 unspecified atom stereocenters. The molecule has 2 aromatic heterocycles. The molecule has 34 heavy (non-hydrogen) atoms. The first-order chi connectivity index (χ1) is 16.4. The van der Waals surface area contributed by atoms with Gasteiger partial charge in [-0.3, -0.25) is 9.20 Å². The fourth-order valence-corrected chi connectivity index (χ4v) is 3.31. The van der Waals surface area contributed by atoms with E-state index in [1.54, 1.807) is 61.8 Å². The highest BCUT2D eigenvalue weighted by Gasteiger charge is 2.10. The summed E-state index contributed by atoms with van der Waals surface area (Å²) in [6, 6.07) is 16.7. The maximum atomic E-state index is 12.4. The monoisotopic (exact) mass is 460 g/mol. The van der Waals surface area contributed by atoms with Gasteiger partial charge in [0.25, 0.3) is 5.56 Å². The van der Waals surface area contributed by atoms with Gasteiger partial charge in [0.15, 0.2) is 0 Å². The minimum Gasteiger partial charge on any atom is -0.497 e. The zero-order valence-electron chi connectivity index (χ0n) is 19.0. The van der Waals surface area contributed by atoms with E-state index in [2.05, 4.69) is 15.6 Å². The third-order valence-electron chi connectivity index (χ3n) is 5.02. The van der Waals surface area contributed by atoms with Gasteiger partial charge in [-0.25, -0.2) is 9.78 Å². The van der Waals surface area contributed by atoms with Crippen LogP contribution in [0.1, 0.15) is 11.3 Å². The number of benzene rings is 2. The number of aryl methyl sites for hydroxylation is 1. The number of aromatic nitrogens is 2. The Bertz CT molecular complexity index is 1380. The number of pyridine rings is 1. The van der Waals surface area contributed by atoms with Crippen LogP contribution in [-0.2, 0) is 6.61 Å². The lowest BCUT2D eigenvalue weighted by Gasteiger charge is -2.13. The van der Waals surface area contributed by atoms with E-state index in [9.17, 15) is 9.59 Å². The number of hydrogen-bond donors (Lipinski definition) is 2. The van der Waals surface area contributed by atoms with E-state index >= 15 is 0 Å². The maximum Gasteiger partial charge on any atom is 0.323 e. The van der Waals surface area contributed by atoms with Crippen molar-refractivity contribution in [1.82, 2.24) is 9.38 Å². The minimum absolute atomic E-state index is 0.143. The summed E-state index contributed by atoms with van der Waals surface area (Å²) < 4.78 is 17.7. The number of rotatable bonds is 7. The second-order valence-corrected chi connectivity index (χ2v) is 7.48. The largest absolute Gasteiger partial charge is 0.497 e. The molecule has 0 saturated heterocycles. The summed E-state index contributed by atoms with van der Waals surface area (Å²) in [5.74, 6) is 1.68. The molecular formula is C25H24N4O5. The van der Waals surface area contributed by atoms with Crippen LogP contribution in [0.3, 0.4) is 0 Å². The molecule has 0 aliphatic carbocycles. The third kappa shape index (κ3) is 5.26. The molecule has 2 N–H and O–H groups in total. The molecule has 4 aromatic rings. The summed E-state index contributed by atoms with van der Waals surface area (Å²) in [7, 11) is 3.07. The van der Waals surface area contributed by atoms with E-state index in [-0.39, 0.29) is 12.2 Å². The number of urea groups is 1. The smallest absolute Gasteiger partial charge is 0.323 e. The number of methoxy groups -OCH3 is 2. The van der Waals surface area contributed by atoms with Gasteiger partial charge in [0, 0.05) is 24.0 Å². The average Bonchev–Trinajstić information content (AvgIpc) is 2.84. The molecule has 0 atom stereocenters. The van der Waals surface area contributed by atoms with Crippen LogP contribution in [0.15, 0.2) is 71.7 Å². The lowest BCUT2D eigenvalue weighted by atomic mass is 10.2. The number of anilines is 2. The van der Waals surface area contributed by atoms with Gasteiger partial charge in [-0.2, -0.15) is 0 Å². The number of ether oxygens (including phenoxy) is 3. The first-order valence-electron chi connectivity index (χ1n) is 10.5. The molecule has 174 valence electrons. The Balaban J connectivity index is 1.36. The van der Waals surface area contributed by atoms with Gasteiger partial charge in [0.2, 0.25) is 0 Å². The van der Waals surface area contributed by atoms with Crippen LogP contribution in [0, 0.1) is 6.92 Å². The Labute approximate surface area is 195 Å². The zero-order valence-corrected chi connectivity index (χ0v) is 19.0. The zero-order chi connectivity index (χ0) is 24.1. The lowest BCUT2D eigenvalue weighted by Crippen LogP contribution is -2.19. The van der Waals surface area contributed by atoms with Crippen LogP contribution in [0.2, 0.25) is 0 Å². The second-order valence-electron chi connectivity index (χ2n) is 7.48. The van der Waals surface area contributed by atoms with Crippen LogP contribution < -0.4 is 30.4 Å². The Morgan fingerprint density at radius 1 is 0.941 bits per heavy atom. The van der Waals surface area contributed by atoms with Gasteiger partial charge in [0.05, 0.1) is 25.6 Å². The van der Waals surface area contributed by atoms with Gasteiger partial charge in [-0.1, -0.05) is 6.07 Å². The van der Waals surface area contributed by atoms with Gasteiger partial charge in [-0.15, -0.1) is 0 Å². The van der Waals surface area contributed by atoms with Crippen molar-refractivity contribution in [1.29, 1.82) is 0 Å². The van der Waals surface area contributed by atoms with Crippen molar-refractivity contribution in [3.63, 3.8) is 0 Å². The van der Waals surface area contributed by atoms with Crippen LogP contribution in [0.4, 0.5) is 16.2 Å². The number of carbonyl (C=O) groups is 1. The molecule has 9 nitrogen and oxygen atoms in total. The van der Waals surface area contributed by atoms with E-state index in [1.165, 1.54) is 17.6 Å². The number of fused-ring (bicyclic) bond motifs is 1. The SMILES string of the molecule is COc1ccc(NC(=O)Nc2ccc(OCc3cc(=O)n4cc(C)ccc4n3)cc2)c(OC)c1. The predicted octanol–water partition coefficient (Wildman–Crippen LogP) is 4.24. The fourth-order valence-electron chi connectivity index (χ4n) is 3.31. The molecular weight excluding hydrogens is 436 g/mol. The molecule has 0 aliphatic rings. The highest BCUT2D eigenvalue weighted by atomic mass is 16.5. The van der Waals surface area contributed by atoms with Gasteiger partial charge in [0.1, 0.15) is 29.5 Å². The molecule has 0 radical (unpaired) electrons. The molecule has 4 rings (SSSR count). The molecule has 0 bridgehead atoms. The van der Waals surface area contributed by atoms with E-state index in [0.29, 0.717) is 40.0 Å². The summed E-state index contributed by atoms with van der Waals surface area (Å²) in [4.78, 5) is 29.2. The van der Waals surface area contributed by atoms with Crippen molar-refractivity contribution in [2.24, 2.45) is 0 Å². The molecule has 2 aromatic carbocycles. The Morgan fingerprint density at radius 2 is 1.71 bits per heavy atom. The van der Waals surface area contributed by atoms with Crippen LogP contribution in [0.5, 0.6) is 17.2 Å². The number of nitrogens with zero attached hydrogens (tertiary/aromatic N) is 2. The molecule has 0 fully saturated rings. The fraction of sp³-hybridized carbons (Fsp3) is 0.160. The Hall–Kier alpha value is -4.53. The molecule has 2 heterocycles. The van der Waals surface area contributed by atoms with Crippen LogP contribution in [0.25, 0.3) is 5.65 Å². The van der Waals surface area contributed by atoms with Gasteiger partial charge in [-0.05, 0) is 55.0 Å². The highest BCUT2D eigenvalue weighted by molar-refractivity contribution is 6.00. The summed E-state index contributed by atoms with van der Waals surface area (Å²) in [6.07, 6.45) is 1.75. The standard InChI is InChI=1S/C25H24N4O5/c1-16-4-11-23-26-18(12-24(30)29(23)14-16)15-34-19-7-5-17(6-8-19)27-25(31)28-21-10-9-20(32-2)13-22(21)33-3/h4-14H,15H2,1-3H3,(H2,27,28,31). The third-order valence-corrected chi connectivity index (χ3v) is 5.02.